The fraction of sp³-hybridized carbons (Fsp3) is 0.105. The van der Waals surface area contributed by atoms with E-state index in [2.05, 4.69) is 10.6 Å². The summed E-state index contributed by atoms with van der Waals surface area (Å²) in [6.45, 7) is 0. The third kappa shape index (κ3) is 2.53. The normalized spacial score (nSPS) is 18.3. The van der Waals surface area contributed by atoms with Crippen molar-refractivity contribution in [3.05, 3.63) is 71.2 Å². The van der Waals surface area contributed by atoms with E-state index in [9.17, 15) is 18.8 Å². The number of halogens is 1. The zero-order valence-corrected chi connectivity index (χ0v) is 14.2. The maximum absolute atomic E-state index is 14.4. The highest BCUT2D eigenvalue weighted by molar-refractivity contribution is 6.23. The maximum Gasteiger partial charge on any atom is 0.338 e. The predicted molar refractivity (Wildman–Crippen MR) is 94.3 cm³/mol. The Morgan fingerprint density at radius 2 is 1.81 bits per heavy atom. The van der Waals surface area contributed by atoms with Crippen LogP contribution in [0.1, 0.15) is 11.6 Å². The first-order chi connectivity index (χ1) is 13.0. The number of rotatable bonds is 2. The molecule has 2 N–H and O–H groups in total. The molecule has 0 saturated heterocycles. The Hall–Kier alpha value is -3.68. The molecule has 2 aliphatic heterocycles. The highest BCUT2D eigenvalue weighted by atomic mass is 19.1. The lowest BCUT2D eigenvalue weighted by atomic mass is 9.92. The van der Waals surface area contributed by atoms with Gasteiger partial charge in [-0.05, 0) is 18.2 Å². The number of para-hydroxylation sites is 2. The number of carbonyl (C=O) groups excluding carboxylic acids is 3. The Morgan fingerprint density at radius 3 is 2.56 bits per heavy atom. The average Bonchev–Trinajstić information content (AvgIpc) is 2.67. The zero-order chi connectivity index (χ0) is 19.1. The van der Waals surface area contributed by atoms with Gasteiger partial charge in [-0.3, -0.25) is 9.69 Å². The minimum Gasteiger partial charge on any atom is -0.466 e. The second kappa shape index (κ2) is 6.24. The standard InChI is InChI=1S/C19H14FN3O4/c1-27-18(25)14-15(10-6-2-3-7-11(10)20)22-19(26)23-13-9-5-4-8-12(13)21-17(24)16(14)23/h2-9,15H,1H3,(H,21,24)(H,22,26). The summed E-state index contributed by atoms with van der Waals surface area (Å²) in [5, 5.41) is 5.26. The van der Waals surface area contributed by atoms with Gasteiger partial charge in [0.2, 0.25) is 0 Å². The predicted octanol–water partition coefficient (Wildman–Crippen LogP) is 2.48. The number of urea groups is 1. The van der Waals surface area contributed by atoms with Crippen molar-refractivity contribution in [2.45, 2.75) is 6.04 Å². The number of esters is 1. The smallest absolute Gasteiger partial charge is 0.338 e. The van der Waals surface area contributed by atoms with Crippen LogP contribution in [0.15, 0.2) is 59.8 Å². The number of nitrogens with zero attached hydrogens (tertiary/aromatic N) is 1. The Bertz CT molecular complexity index is 1020. The molecule has 27 heavy (non-hydrogen) atoms. The fourth-order valence-corrected chi connectivity index (χ4v) is 3.30. The van der Waals surface area contributed by atoms with Crippen LogP contribution >= 0.6 is 0 Å². The molecule has 8 heteroatoms. The third-order valence-corrected chi connectivity index (χ3v) is 4.47. The van der Waals surface area contributed by atoms with Gasteiger partial charge < -0.3 is 15.4 Å². The van der Waals surface area contributed by atoms with Gasteiger partial charge in [0.15, 0.2) is 0 Å². The van der Waals surface area contributed by atoms with Crippen LogP contribution in [0.3, 0.4) is 0 Å². The molecule has 0 spiro atoms. The lowest BCUT2D eigenvalue weighted by Gasteiger charge is -2.38. The molecule has 2 aromatic carbocycles. The molecule has 4 rings (SSSR count). The van der Waals surface area contributed by atoms with Crippen molar-refractivity contribution in [3.63, 3.8) is 0 Å². The monoisotopic (exact) mass is 367 g/mol. The molecule has 3 amide bonds. The minimum atomic E-state index is -1.16. The van der Waals surface area contributed by atoms with Crippen molar-refractivity contribution in [3.8, 4) is 0 Å². The number of hydrogen-bond acceptors (Lipinski definition) is 4. The highest BCUT2D eigenvalue weighted by Crippen LogP contribution is 2.40. The van der Waals surface area contributed by atoms with E-state index >= 15 is 0 Å². The number of benzene rings is 2. The number of anilines is 2. The summed E-state index contributed by atoms with van der Waals surface area (Å²) in [5.41, 5.74) is 0.560. The SMILES string of the molecule is COC(=O)C1=C2C(=O)Nc3ccccc3N2C(=O)NC1c1ccccc1F. The molecule has 2 heterocycles. The molecule has 0 radical (unpaired) electrons. The summed E-state index contributed by atoms with van der Waals surface area (Å²) in [6.07, 6.45) is 0. The van der Waals surface area contributed by atoms with Gasteiger partial charge in [-0.25, -0.2) is 14.0 Å². The number of fused-ring (bicyclic) bond motifs is 3. The molecule has 0 aromatic heterocycles. The van der Waals surface area contributed by atoms with Crippen LogP contribution in [-0.2, 0) is 14.3 Å². The van der Waals surface area contributed by atoms with E-state index < -0.39 is 29.8 Å². The van der Waals surface area contributed by atoms with Gasteiger partial charge in [0.05, 0.1) is 30.1 Å². The van der Waals surface area contributed by atoms with Crippen molar-refractivity contribution in [2.24, 2.45) is 0 Å². The largest absolute Gasteiger partial charge is 0.466 e. The van der Waals surface area contributed by atoms with Crippen molar-refractivity contribution in [2.75, 3.05) is 17.3 Å². The second-order valence-electron chi connectivity index (χ2n) is 5.96. The quantitative estimate of drug-likeness (QED) is 0.799. The van der Waals surface area contributed by atoms with Crippen LogP contribution in [0.5, 0.6) is 0 Å². The molecule has 2 aliphatic rings. The van der Waals surface area contributed by atoms with E-state index in [1.807, 2.05) is 0 Å². The first kappa shape index (κ1) is 16.8. The second-order valence-corrected chi connectivity index (χ2v) is 5.96. The number of amides is 3. The summed E-state index contributed by atoms with van der Waals surface area (Å²) in [7, 11) is 1.16. The van der Waals surface area contributed by atoms with E-state index in [1.54, 1.807) is 30.3 Å². The lowest BCUT2D eigenvalue weighted by molar-refractivity contribution is -0.137. The molecular weight excluding hydrogens is 353 g/mol. The summed E-state index contributed by atoms with van der Waals surface area (Å²) in [6, 6.07) is 10.6. The van der Waals surface area contributed by atoms with Gasteiger partial charge in [0, 0.05) is 5.56 Å². The first-order valence-corrected chi connectivity index (χ1v) is 8.11. The molecule has 0 bridgehead atoms. The van der Waals surface area contributed by atoms with Crippen molar-refractivity contribution in [1.29, 1.82) is 0 Å². The van der Waals surface area contributed by atoms with E-state index in [1.165, 1.54) is 18.2 Å². The molecule has 2 aromatic rings. The Kier molecular flexibility index (Phi) is 3.88. The molecule has 136 valence electrons. The van der Waals surface area contributed by atoms with Crippen LogP contribution in [-0.4, -0.2) is 25.0 Å². The number of methoxy groups -OCH3 is 1. The summed E-state index contributed by atoms with van der Waals surface area (Å²) in [4.78, 5) is 39.2. The molecule has 1 atom stereocenters. The van der Waals surface area contributed by atoms with Gasteiger partial charge in [-0.15, -0.1) is 0 Å². The number of carbonyl (C=O) groups is 3. The minimum absolute atomic E-state index is 0.0602. The van der Waals surface area contributed by atoms with Gasteiger partial charge in [0.1, 0.15) is 11.5 Å². The fourth-order valence-electron chi connectivity index (χ4n) is 3.30. The topological polar surface area (TPSA) is 87.7 Å². The molecule has 0 aliphatic carbocycles. The van der Waals surface area contributed by atoms with Gasteiger partial charge in [-0.2, -0.15) is 0 Å². The Morgan fingerprint density at radius 1 is 1.11 bits per heavy atom. The van der Waals surface area contributed by atoms with Crippen molar-refractivity contribution < 1.29 is 23.5 Å². The summed E-state index contributed by atoms with van der Waals surface area (Å²) >= 11 is 0. The van der Waals surface area contributed by atoms with Gasteiger partial charge >= 0.3 is 12.0 Å². The summed E-state index contributed by atoms with van der Waals surface area (Å²) < 4.78 is 19.2. The average molecular weight is 367 g/mol. The molecule has 7 nitrogen and oxygen atoms in total. The lowest BCUT2D eigenvalue weighted by Crippen LogP contribution is -2.53. The van der Waals surface area contributed by atoms with Crippen LogP contribution in [0.4, 0.5) is 20.6 Å². The van der Waals surface area contributed by atoms with Crippen LogP contribution in [0.2, 0.25) is 0 Å². The first-order valence-electron chi connectivity index (χ1n) is 8.11. The molecule has 1 unspecified atom stereocenters. The van der Waals surface area contributed by atoms with Gasteiger partial charge in [0.25, 0.3) is 5.91 Å². The molecule has 0 saturated carbocycles. The van der Waals surface area contributed by atoms with E-state index in [4.69, 9.17) is 4.74 Å². The van der Waals surface area contributed by atoms with Crippen LogP contribution in [0.25, 0.3) is 0 Å². The van der Waals surface area contributed by atoms with Crippen molar-refractivity contribution in [1.82, 2.24) is 5.32 Å². The van der Waals surface area contributed by atoms with E-state index in [-0.39, 0.29) is 16.8 Å². The van der Waals surface area contributed by atoms with Gasteiger partial charge in [-0.1, -0.05) is 30.3 Å². The van der Waals surface area contributed by atoms with Crippen molar-refractivity contribution >= 4 is 29.3 Å². The molecular formula is C19H14FN3O4. The Balaban J connectivity index is 1.98. The Labute approximate surface area is 153 Å². The summed E-state index contributed by atoms with van der Waals surface area (Å²) in [5.74, 6) is -2.10. The molecule has 0 fully saturated rings. The van der Waals surface area contributed by atoms with Crippen LogP contribution < -0.4 is 15.5 Å². The van der Waals surface area contributed by atoms with Crippen LogP contribution in [0, 0.1) is 5.82 Å². The zero-order valence-electron chi connectivity index (χ0n) is 14.2. The third-order valence-electron chi connectivity index (χ3n) is 4.47. The maximum atomic E-state index is 14.4. The highest BCUT2D eigenvalue weighted by Gasteiger charge is 2.45. The van der Waals surface area contributed by atoms with E-state index in [0.717, 1.165) is 12.0 Å². The van der Waals surface area contributed by atoms with E-state index in [0.29, 0.717) is 11.4 Å². The number of ether oxygens (including phenoxy) is 1. The number of hydrogen-bond donors (Lipinski definition) is 2. The number of nitrogens with one attached hydrogen (secondary N) is 2.